The lowest BCUT2D eigenvalue weighted by Gasteiger charge is -2.38. The van der Waals surface area contributed by atoms with Gasteiger partial charge in [-0.15, -0.1) is 0 Å². The van der Waals surface area contributed by atoms with Crippen molar-refractivity contribution in [3.63, 3.8) is 0 Å². The van der Waals surface area contributed by atoms with Gasteiger partial charge >= 0.3 is 0 Å². The molecule has 7 nitrogen and oxygen atoms in total. The number of aromatic nitrogens is 1. The molecule has 2 saturated carbocycles. The minimum absolute atomic E-state index is 0.0232. The highest BCUT2D eigenvalue weighted by molar-refractivity contribution is 5.84. The normalized spacial score (nSPS) is 29.7. The van der Waals surface area contributed by atoms with E-state index in [0.717, 1.165) is 61.8 Å². The first-order valence-electron chi connectivity index (χ1n) is 14.2. The van der Waals surface area contributed by atoms with E-state index in [0.29, 0.717) is 31.3 Å². The van der Waals surface area contributed by atoms with Gasteiger partial charge in [0.05, 0.1) is 18.0 Å². The van der Waals surface area contributed by atoms with Gasteiger partial charge in [0.2, 0.25) is 11.8 Å². The van der Waals surface area contributed by atoms with Crippen LogP contribution in [0.1, 0.15) is 87.9 Å². The van der Waals surface area contributed by atoms with Crippen LogP contribution in [0.15, 0.2) is 23.0 Å². The van der Waals surface area contributed by atoms with Crippen LogP contribution < -0.4 is 10.9 Å². The maximum absolute atomic E-state index is 13.7. The van der Waals surface area contributed by atoms with Crippen LogP contribution in [-0.2, 0) is 16.1 Å². The number of aliphatic hydroxyl groups excluding tert-OH is 1. The maximum atomic E-state index is 13.7. The smallest absolute Gasteiger partial charge is 0.258 e. The number of nitrogens with zero attached hydrogens (tertiary/aromatic N) is 2. The Balaban J connectivity index is 1.35. The fourth-order valence-electron chi connectivity index (χ4n) is 7.34. The predicted octanol–water partition coefficient (Wildman–Crippen LogP) is 3.40. The number of hydrogen-bond donors (Lipinski definition) is 2. The Morgan fingerprint density at radius 2 is 1.83 bits per heavy atom. The van der Waals surface area contributed by atoms with Gasteiger partial charge in [-0.1, -0.05) is 25.3 Å². The Kier molecular flexibility index (Phi) is 6.53. The van der Waals surface area contributed by atoms with E-state index in [1.165, 1.54) is 19.3 Å². The van der Waals surface area contributed by atoms with Gasteiger partial charge in [-0.3, -0.25) is 14.4 Å². The molecule has 5 aliphatic rings. The highest BCUT2D eigenvalue weighted by Crippen LogP contribution is 2.49. The van der Waals surface area contributed by atoms with E-state index in [9.17, 15) is 19.5 Å². The zero-order chi connectivity index (χ0) is 24.8. The molecule has 0 aromatic carbocycles. The second-order valence-corrected chi connectivity index (χ2v) is 11.8. The molecule has 6 rings (SSSR count). The maximum Gasteiger partial charge on any atom is 0.258 e. The largest absolute Gasteiger partial charge is 0.396 e. The molecule has 2 amide bonds. The Morgan fingerprint density at radius 3 is 2.53 bits per heavy atom. The fourth-order valence-corrected chi connectivity index (χ4v) is 7.34. The van der Waals surface area contributed by atoms with Crippen molar-refractivity contribution in [2.24, 2.45) is 23.7 Å². The van der Waals surface area contributed by atoms with Crippen LogP contribution in [0.5, 0.6) is 0 Å². The molecule has 7 heteroatoms. The Morgan fingerprint density at radius 1 is 1.03 bits per heavy atom. The standard InChI is InChI=1S/C29H39N3O4/c33-17-22-24-16-31-23(13-12-21(29(31)36)20-8-4-5-9-20)27(32(24)25(34)14-18-10-11-18)26(22)28(35)30-15-19-6-2-1-3-7-19/h8,12-13,18-19,22,24,26-27,33H,1-7,9-11,14-17H2,(H,30,35)/t22-,24-,26+,27+/m0/s1. The van der Waals surface area contributed by atoms with Gasteiger partial charge in [0.15, 0.2) is 0 Å². The number of aliphatic hydroxyl groups is 1. The highest BCUT2D eigenvalue weighted by atomic mass is 16.3. The number of carbonyl (C=O) groups excluding carboxylic acids is 2. The Labute approximate surface area is 212 Å². The zero-order valence-corrected chi connectivity index (χ0v) is 21.2. The van der Waals surface area contributed by atoms with E-state index in [1.54, 1.807) is 0 Å². The number of fused-ring (bicyclic) bond motifs is 4. The average Bonchev–Trinajstić information content (AvgIpc) is 3.46. The first kappa shape index (κ1) is 24.0. The molecular weight excluding hydrogens is 454 g/mol. The molecule has 3 fully saturated rings. The molecule has 36 heavy (non-hydrogen) atoms. The van der Waals surface area contributed by atoms with Crippen LogP contribution in [0, 0.1) is 23.7 Å². The average molecular weight is 494 g/mol. The molecular formula is C29H39N3O4. The molecule has 3 aliphatic carbocycles. The first-order valence-corrected chi connectivity index (χ1v) is 14.2. The van der Waals surface area contributed by atoms with Crippen molar-refractivity contribution >= 4 is 17.4 Å². The molecule has 1 aromatic heterocycles. The summed E-state index contributed by atoms with van der Waals surface area (Å²) in [6.45, 7) is 0.831. The van der Waals surface area contributed by atoms with Crippen LogP contribution in [-0.4, -0.2) is 45.6 Å². The monoisotopic (exact) mass is 493 g/mol. The van der Waals surface area contributed by atoms with E-state index in [-0.39, 0.29) is 35.9 Å². The molecule has 2 bridgehead atoms. The van der Waals surface area contributed by atoms with E-state index < -0.39 is 12.0 Å². The summed E-state index contributed by atoms with van der Waals surface area (Å²) in [5.74, 6) is -0.00585. The van der Waals surface area contributed by atoms with Crippen LogP contribution in [0.4, 0.5) is 0 Å². The molecule has 2 aliphatic heterocycles. The first-order chi connectivity index (χ1) is 17.6. The topological polar surface area (TPSA) is 91.6 Å². The molecule has 0 unspecified atom stereocenters. The van der Waals surface area contributed by atoms with Crippen molar-refractivity contribution in [1.82, 2.24) is 14.8 Å². The third-order valence-electron chi connectivity index (χ3n) is 9.47. The third-order valence-corrected chi connectivity index (χ3v) is 9.47. The summed E-state index contributed by atoms with van der Waals surface area (Å²) in [5, 5.41) is 13.7. The molecule has 3 heterocycles. The quantitative estimate of drug-likeness (QED) is 0.609. The van der Waals surface area contributed by atoms with Gasteiger partial charge in [-0.2, -0.15) is 0 Å². The summed E-state index contributed by atoms with van der Waals surface area (Å²) in [5.41, 5.74) is 2.57. The van der Waals surface area contributed by atoms with Crippen molar-refractivity contribution in [2.45, 2.75) is 89.3 Å². The van der Waals surface area contributed by atoms with Crippen LogP contribution in [0.2, 0.25) is 0 Å². The number of allylic oxidation sites excluding steroid dienone is 2. The minimum atomic E-state index is -0.545. The van der Waals surface area contributed by atoms with Gasteiger partial charge in [0.25, 0.3) is 5.56 Å². The summed E-state index contributed by atoms with van der Waals surface area (Å²) in [6.07, 6.45) is 13.8. The van der Waals surface area contributed by atoms with Gasteiger partial charge in [0, 0.05) is 43.3 Å². The third kappa shape index (κ3) is 4.23. The lowest BCUT2D eigenvalue weighted by Crippen LogP contribution is -2.49. The molecule has 4 atom stereocenters. The van der Waals surface area contributed by atoms with Crippen LogP contribution >= 0.6 is 0 Å². The lowest BCUT2D eigenvalue weighted by atomic mass is 9.85. The summed E-state index contributed by atoms with van der Waals surface area (Å²) >= 11 is 0. The minimum Gasteiger partial charge on any atom is -0.396 e. The second kappa shape index (κ2) is 9.81. The van der Waals surface area contributed by atoms with Crippen molar-refractivity contribution in [2.75, 3.05) is 13.2 Å². The molecule has 194 valence electrons. The summed E-state index contributed by atoms with van der Waals surface area (Å²) in [4.78, 5) is 42.8. The van der Waals surface area contributed by atoms with E-state index in [1.807, 2.05) is 21.6 Å². The van der Waals surface area contributed by atoms with Crippen LogP contribution in [0.25, 0.3) is 5.57 Å². The highest BCUT2D eigenvalue weighted by Gasteiger charge is 2.57. The number of amides is 2. The molecule has 1 aromatic rings. The predicted molar refractivity (Wildman–Crippen MR) is 137 cm³/mol. The number of nitrogens with one attached hydrogen (secondary N) is 1. The summed E-state index contributed by atoms with van der Waals surface area (Å²) in [6, 6.07) is 3.03. The van der Waals surface area contributed by atoms with E-state index in [4.69, 9.17) is 0 Å². The van der Waals surface area contributed by atoms with E-state index in [2.05, 4.69) is 11.4 Å². The van der Waals surface area contributed by atoms with Crippen molar-refractivity contribution in [3.05, 3.63) is 39.8 Å². The summed E-state index contributed by atoms with van der Waals surface area (Å²) < 4.78 is 1.81. The van der Waals surface area contributed by atoms with Gasteiger partial charge in [0.1, 0.15) is 0 Å². The van der Waals surface area contributed by atoms with Crippen molar-refractivity contribution < 1.29 is 14.7 Å². The SMILES string of the molecule is O=C(NCC1CCCCC1)[C@@H]1[C@@H](CO)[C@@H]2Cn3c(ccc(C4=CCCC4)c3=O)[C@H]1N2C(=O)CC1CC1. The zero-order valence-electron chi connectivity index (χ0n) is 21.2. The molecule has 0 spiro atoms. The van der Waals surface area contributed by atoms with Gasteiger partial charge < -0.3 is 19.9 Å². The lowest BCUT2D eigenvalue weighted by molar-refractivity contribution is -0.137. The van der Waals surface area contributed by atoms with Crippen molar-refractivity contribution in [1.29, 1.82) is 0 Å². The summed E-state index contributed by atoms with van der Waals surface area (Å²) in [7, 11) is 0. The number of carbonyl (C=O) groups is 2. The number of pyridine rings is 1. The Hall–Kier alpha value is -2.41. The number of rotatable bonds is 7. The number of hydrogen-bond acceptors (Lipinski definition) is 4. The Bertz CT molecular complexity index is 1110. The molecule has 2 N–H and O–H groups in total. The van der Waals surface area contributed by atoms with Crippen LogP contribution in [0.3, 0.4) is 0 Å². The molecule has 1 saturated heterocycles. The fraction of sp³-hybridized carbons (Fsp3) is 0.690. The van der Waals surface area contributed by atoms with Gasteiger partial charge in [-0.05, 0) is 74.5 Å². The van der Waals surface area contributed by atoms with Crippen molar-refractivity contribution in [3.8, 4) is 0 Å². The van der Waals surface area contributed by atoms with Gasteiger partial charge in [-0.25, -0.2) is 0 Å². The molecule has 0 radical (unpaired) electrons. The van der Waals surface area contributed by atoms with E-state index >= 15 is 0 Å². The second-order valence-electron chi connectivity index (χ2n) is 11.8.